The van der Waals surface area contributed by atoms with Crippen molar-refractivity contribution in [1.29, 1.82) is 0 Å². The summed E-state index contributed by atoms with van der Waals surface area (Å²) in [6.45, 7) is 2.96. The van der Waals surface area contributed by atoms with Crippen molar-refractivity contribution in [3.63, 3.8) is 0 Å². The fourth-order valence-electron chi connectivity index (χ4n) is 3.65. The Labute approximate surface area is 168 Å². The number of carboxylic acid groups (broad SMARTS) is 1. The van der Waals surface area contributed by atoms with Crippen LogP contribution < -0.4 is 16.5 Å². The number of aromatic nitrogens is 1. The van der Waals surface area contributed by atoms with Gasteiger partial charge >= 0.3 is 5.97 Å². The summed E-state index contributed by atoms with van der Waals surface area (Å²) in [6.07, 6.45) is -0.392. The molecule has 4 N–H and O–H groups in total. The van der Waals surface area contributed by atoms with Gasteiger partial charge in [0.25, 0.3) is 0 Å². The van der Waals surface area contributed by atoms with E-state index in [9.17, 15) is 19.1 Å². The van der Waals surface area contributed by atoms with Gasteiger partial charge in [-0.05, 0) is 6.92 Å². The Morgan fingerprint density at radius 3 is 2.79 bits per heavy atom. The lowest BCUT2D eigenvalue weighted by molar-refractivity contribution is -0.0819. The first-order chi connectivity index (χ1) is 13.8. The maximum atomic E-state index is 15.5. The normalized spacial score (nSPS) is 21.3. The predicted octanol–water partition coefficient (Wildman–Crippen LogP) is 2.05. The number of halogens is 2. The number of ether oxygens (including phenoxy) is 2. The minimum atomic E-state index is -1.46. The van der Waals surface area contributed by atoms with Crippen LogP contribution in [0.5, 0.6) is 0 Å². The molecule has 0 saturated carbocycles. The van der Waals surface area contributed by atoms with Gasteiger partial charge in [-0.3, -0.25) is 4.79 Å². The van der Waals surface area contributed by atoms with Gasteiger partial charge in [0.05, 0.1) is 47.5 Å². The van der Waals surface area contributed by atoms with E-state index in [2.05, 4.69) is 5.32 Å². The number of aromatic carboxylic acids is 1. The van der Waals surface area contributed by atoms with Gasteiger partial charge in [-0.2, -0.15) is 0 Å². The summed E-state index contributed by atoms with van der Waals surface area (Å²) < 4.78 is 42.5. The molecule has 1 aromatic heterocycles. The van der Waals surface area contributed by atoms with Crippen molar-refractivity contribution in [3.05, 3.63) is 27.4 Å². The number of hydrogen-bond acceptors (Lipinski definition) is 7. The van der Waals surface area contributed by atoms with Crippen molar-refractivity contribution in [1.82, 2.24) is 4.57 Å². The van der Waals surface area contributed by atoms with Crippen LogP contribution >= 0.6 is 11.8 Å². The summed E-state index contributed by atoms with van der Waals surface area (Å²) in [5.74, 6) is -3.14. The predicted molar refractivity (Wildman–Crippen MR) is 104 cm³/mol. The van der Waals surface area contributed by atoms with E-state index in [4.69, 9.17) is 15.2 Å². The molecular weight excluding hydrogens is 408 g/mol. The van der Waals surface area contributed by atoms with Crippen LogP contribution in [0.3, 0.4) is 0 Å². The smallest absolute Gasteiger partial charge is 0.342 e. The number of carboxylic acids is 1. The van der Waals surface area contributed by atoms with Gasteiger partial charge in [-0.1, -0.05) is 0 Å². The Kier molecular flexibility index (Phi) is 5.13. The van der Waals surface area contributed by atoms with Crippen LogP contribution in [0.15, 0.2) is 9.82 Å². The molecule has 29 heavy (non-hydrogen) atoms. The highest BCUT2D eigenvalue weighted by atomic mass is 32.2. The molecule has 11 heteroatoms. The van der Waals surface area contributed by atoms with E-state index in [1.807, 2.05) is 0 Å². The molecule has 0 bridgehead atoms. The number of nitrogens with zero attached hydrogens (tertiary/aromatic N) is 1. The average molecular weight is 427 g/mol. The standard InChI is InChI=1S/C18H19F2N3O5S/c1-7-6-29-17-10(18(25)26)16(24)9-13(21)11(19)14(12(20)15(9)23(7)17)22-4-8-5-27-2-3-28-8/h7-8,22H,2-6,21H2,1H3,(H,25,26)/t7-,8+/m1/s1. The zero-order valence-corrected chi connectivity index (χ0v) is 16.3. The zero-order valence-electron chi connectivity index (χ0n) is 15.5. The Morgan fingerprint density at radius 2 is 2.14 bits per heavy atom. The van der Waals surface area contributed by atoms with Gasteiger partial charge in [-0.15, -0.1) is 11.8 Å². The molecule has 1 fully saturated rings. The monoisotopic (exact) mass is 427 g/mol. The molecule has 2 atom stereocenters. The molecule has 4 rings (SSSR count). The molecule has 2 aliphatic heterocycles. The lowest BCUT2D eigenvalue weighted by atomic mass is 10.1. The van der Waals surface area contributed by atoms with Gasteiger partial charge in [0.15, 0.2) is 11.6 Å². The van der Waals surface area contributed by atoms with Crippen LogP contribution in [-0.4, -0.2) is 53.9 Å². The van der Waals surface area contributed by atoms with Gasteiger partial charge in [0.2, 0.25) is 5.43 Å². The van der Waals surface area contributed by atoms with Crippen molar-refractivity contribution in [2.24, 2.45) is 0 Å². The molecule has 0 aliphatic carbocycles. The summed E-state index contributed by atoms with van der Waals surface area (Å²) in [5.41, 5.74) is 3.07. The number of anilines is 2. The maximum Gasteiger partial charge on any atom is 0.342 e. The van der Waals surface area contributed by atoms with Crippen molar-refractivity contribution >= 4 is 40.0 Å². The summed E-state index contributed by atoms with van der Waals surface area (Å²) in [4.78, 5) is 24.5. The minimum absolute atomic E-state index is 0.0768. The maximum absolute atomic E-state index is 15.5. The number of benzene rings is 1. The van der Waals surface area contributed by atoms with E-state index < -0.39 is 51.5 Å². The quantitative estimate of drug-likeness (QED) is 0.635. The van der Waals surface area contributed by atoms with Crippen LogP contribution in [0, 0.1) is 11.6 Å². The fourth-order valence-corrected chi connectivity index (χ4v) is 4.93. The number of thioether (sulfide) groups is 1. The fraction of sp³-hybridized carbons (Fsp3) is 0.444. The molecule has 1 saturated heterocycles. The van der Waals surface area contributed by atoms with Gasteiger partial charge in [-0.25, -0.2) is 13.6 Å². The lowest BCUT2D eigenvalue weighted by Gasteiger charge is -2.24. The second-order valence-electron chi connectivity index (χ2n) is 6.93. The Hall–Kier alpha value is -2.37. The van der Waals surface area contributed by atoms with E-state index in [0.717, 1.165) is 11.8 Å². The van der Waals surface area contributed by atoms with Crippen LogP contribution in [0.4, 0.5) is 20.2 Å². The Balaban J connectivity index is 1.92. The zero-order chi connectivity index (χ0) is 20.9. The van der Waals surface area contributed by atoms with Gasteiger partial charge in [0.1, 0.15) is 11.3 Å². The number of pyridine rings is 1. The Morgan fingerprint density at radius 1 is 1.38 bits per heavy atom. The van der Waals surface area contributed by atoms with Crippen LogP contribution in [0.2, 0.25) is 0 Å². The molecule has 0 unspecified atom stereocenters. The second-order valence-corrected chi connectivity index (χ2v) is 7.94. The topological polar surface area (TPSA) is 116 Å². The van der Waals surface area contributed by atoms with E-state index in [1.54, 1.807) is 6.92 Å². The first-order valence-electron chi connectivity index (χ1n) is 9.00. The average Bonchev–Trinajstić information content (AvgIpc) is 3.06. The SMILES string of the molecule is C[C@@H]1CSc2c(C(=O)O)c(=O)c3c(N)c(F)c(NC[C@H]4COCCO4)c(F)c3n21. The van der Waals surface area contributed by atoms with Crippen molar-refractivity contribution in [2.75, 3.05) is 43.2 Å². The number of carbonyl (C=O) groups is 1. The molecule has 8 nitrogen and oxygen atoms in total. The molecule has 156 valence electrons. The number of rotatable bonds is 4. The first kappa shape index (κ1) is 19.9. The van der Waals surface area contributed by atoms with E-state index in [0.29, 0.717) is 19.0 Å². The minimum Gasteiger partial charge on any atom is -0.477 e. The molecule has 2 aliphatic rings. The summed E-state index contributed by atoms with van der Waals surface area (Å²) in [6, 6.07) is -0.307. The highest BCUT2D eigenvalue weighted by molar-refractivity contribution is 7.99. The highest BCUT2D eigenvalue weighted by Gasteiger charge is 2.34. The number of nitrogen functional groups attached to an aromatic ring is 1. The molecular formula is C18H19F2N3O5S. The molecule has 2 aromatic rings. The summed E-state index contributed by atoms with van der Waals surface area (Å²) in [5, 5.41) is 11.8. The van der Waals surface area contributed by atoms with Crippen LogP contribution in [0.25, 0.3) is 10.9 Å². The van der Waals surface area contributed by atoms with E-state index >= 15 is 4.39 Å². The molecule has 3 heterocycles. The van der Waals surface area contributed by atoms with Gasteiger partial charge < -0.3 is 30.2 Å². The third-order valence-corrected chi connectivity index (χ3v) is 6.35. The van der Waals surface area contributed by atoms with Crippen molar-refractivity contribution in [3.8, 4) is 0 Å². The number of nitrogens with one attached hydrogen (secondary N) is 1. The molecule has 1 aromatic carbocycles. The van der Waals surface area contributed by atoms with Crippen LogP contribution in [-0.2, 0) is 9.47 Å². The number of hydrogen-bond donors (Lipinski definition) is 3. The van der Waals surface area contributed by atoms with Crippen LogP contribution in [0.1, 0.15) is 23.3 Å². The van der Waals surface area contributed by atoms with Crippen molar-refractivity contribution < 1.29 is 28.2 Å². The molecule has 0 radical (unpaired) electrons. The van der Waals surface area contributed by atoms with Crippen molar-refractivity contribution in [2.45, 2.75) is 24.1 Å². The highest BCUT2D eigenvalue weighted by Crippen LogP contribution is 2.41. The number of nitrogens with two attached hydrogens (primary N) is 1. The third-order valence-electron chi connectivity index (χ3n) is 5.02. The lowest BCUT2D eigenvalue weighted by Crippen LogP contribution is -2.34. The Bertz CT molecular complexity index is 1070. The largest absolute Gasteiger partial charge is 0.477 e. The van der Waals surface area contributed by atoms with Gasteiger partial charge in [0, 0.05) is 18.3 Å². The third kappa shape index (κ3) is 3.13. The van der Waals surface area contributed by atoms with E-state index in [-0.39, 0.29) is 29.7 Å². The molecule has 0 amide bonds. The first-order valence-corrected chi connectivity index (χ1v) is 9.99. The second kappa shape index (κ2) is 7.47. The summed E-state index contributed by atoms with van der Waals surface area (Å²) >= 11 is 1.14. The summed E-state index contributed by atoms with van der Waals surface area (Å²) in [7, 11) is 0. The number of fused-ring (bicyclic) bond motifs is 3. The van der Waals surface area contributed by atoms with E-state index in [1.165, 1.54) is 4.57 Å². The molecule has 0 spiro atoms.